The molecule has 0 aromatic rings. The second-order valence-electron chi connectivity index (χ2n) is 4.09. The van der Waals surface area contributed by atoms with Gasteiger partial charge in [0.25, 0.3) is 0 Å². The number of rotatable bonds is 5. The third kappa shape index (κ3) is 4.08. The fraction of sp³-hybridized carbons (Fsp3) is 0.909. The summed E-state index contributed by atoms with van der Waals surface area (Å²) in [5.41, 5.74) is 0. The van der Waals surface area contributed by atoms with Crippen molar-refractivity contribution in [2.24, 2.45) is 5.92 Å². The van der Waals surface area contributed by atoms with Gasteiger partial charge in [0.05, 0.1) is 6.07 Å². The van der Waals surface area contributed by atoms with Gasteiger partial charge in [-0.1, -0.05) is 0 Å². The van der Waals surface area contributed by atoms with Crippen LogP contribution in [0.25, 0.3) is 0 Å². The van der Waals surface area contributed by atoms with Crippen LogP contribution in [0.4, 0.5) is 0 Å². The molecule has 0 amide bonds. The standard InChI is InChI=1S/C11H21N3/c1-13-7-3-11-4-9-14(10-5-11)8-2-6-12/h11,13H,2-5,7-10H2,1H3. The lowest BCUT2D eigenvalue weighted by Gasteiger charge is -2.31. The first-order valence-electron chi connectivity index (χ1n) is 5.60. The highest BCUT2D eigenvalue weighted by Gasteiger charge is 2.17. The van der Waals surface area contributed by atoms with Crippen molar-refractivity contribution in [2.45, 2.75) is 25.7 Å². The van der Waals surface area contributed by atoms with E-state index >= 15 is 0 Å². The molecule has 0 aromatic heterocycles. The maximum atomic E-state index is 8.48. The molecule has 1 fully saturated rings. The van der Waals surface area contributed by atoms with Gasteiger partial charge in [-0.25, -0.2) is 0 Å². The van der Waals surface area contributed by atoms with Gasteiger partial charge < -0.3 is 10.2 Å². The predicted molar refractivity (Wildman–Crippen MR) is 57.9 cm³/mol. The molecule has 0 aliphatic carbocycles. The summed E-state index contributed by atoms with van der Waals surface area (Å²) in [5.74, 6) is 0.904. The number of hydrogen-bond acceptors (Lipinski definition) is 3. The zero-order valence-corrected chi connectivity index (χ0v) is 9.13. The fourth-order valence-electron chi connectivity index (χ4n) is 2.06. The minimum Gasteiger partial charge on any atom is -0.320 e. The van der Waals surface area contributed by atoms with Gasteiger partial charge in [-0.2, -0.15) is 5.26 Å². The maximum Gasteiger partial charge on any atom is 0.0635 e. The zero-order valence-electron chi connectivity index (χ0n) is 9.13. The van der Waals surface area contributed by atoms with E-state index in [1.165, 1.54) is 32.4 Å². The van der Waals surface area contributed by atoms with E-state index < -0.39 is 0 Å². The van der Waals surface area contributed by atoms with Gasteiger partial charge >= 0.3 is 0 Å². The molecule has 0 aromatic carbocycles. The summed E-state index contributed by atoms with van der Waals surface area (Å²) in [6.07, 6.45) is 4.62. The molecule has 0 bridgehead atoms. The van der Waals surface area contributed by atoms with Crippen LogP contribution in [-0.2, 0) is 0 Å². The Labute approximate surface area is 87.1 Å². The van der Waals surface area contributed by atoms with Crippen LogP contribution in [0.2, 0.25) is 0 Å². The number of likely N-dealkylation sites (tertiary alicyclic amines) is 1. The summed E-state index contributed by atoms with van der Waals surface area (Å²) in [6.45, 7) is 4.49. The van der Waals surface area contributed by atoms with Crippen molar-refractivity contribution in [3.05, 3.63) is 0 Å². The van der Waals surface area contributed by atoms with Crippen LogP contribution in [0.15, 0.2) is 0 Å². The highest BCUT2D eigenvalue weighted by Crippen LogP contribution is 2.19. The van der Waals surface area contributed by atoms with Gasteiger partial charge in [-0.15, -0.1) is 0 Å². The third-order valence-electron chi connectivity index (χ3n) is 3.05. The van der Waals surface area contributed by atoms with E-state index in [2.05, 4.69) is 16.3 Å². The lowest BCUT2D eigenvalue weighted by molar-refractivity contribution is 0.182. The van der Waals surface area contributed by atoms with E-state index in [9.17, 15) is 0 Å². The van der Waals surface area contributed by atoms with Gasteiger partial charge in [0.2, 0.25) is 0 Å². The number of nitrogens with one attached hydrogen (secondary N) is 1. The normalized spacial score (nSPS) is 19.4. The largest absolute Gasteiger partial charge is 0.320 e. The number of hydrogen-bond donors (Lipinski definition) is 1. The van der Waals surface area contributed by atoms with E-state index in [1.54, 1.807) is 0 Å². The monoisotopic (exact) mass is 195 g/mol. The number of piperidine rings is 1. The summed E-state index contributed by atoms with van der Waals surface area (Å²) >= 11 is 0. The van der Waals surface area contributed by atoms with Crippen LogP contribution >= 0.6 is 0 Å². The minimum atomic E-state index is 0.682. The molecule has 0 unspecified atom stereocenters. The van der Waals surface area contributed by atoms with E-state index in [-0.39, 0.29) is 0 Å². The molecule has 1 heterocycles. The Hall–Kier alpha value is -0.590. The summed E-state index contributed by atoms with van der Waals surface area (Å²) in [6, 6.07) is 2.21. The molecule has 0 atom stereocenters. The molecule has 0 radical (unpaired) electrons. The quantitative estimate of drug-likeness (QED) is 0.717. The van der Waals surface area contributed by atoms with E-state index in [0.717, 1.165) is 19.0 Å². The van der Waals surface area contributed by atoms with Crippen molar-refractivity contribution in [1.82, 2.24) is 10.2 Å². The van der Waals surface area contributed by atoms with Crippen molar-refractivity contribution in [2.75, 3.05) is 33.2 Å². The predicted octanol–water partition coefficient (Wildman–Crippen LogP) is 1.22. The van der Waals surface area contributed by atoms with Gasteiger partial charge in [-0.05, 0) is 51.9 Å². The fourth-order valence-corrected chi connectivity index (χ4v) is 2.06. The second kappa shape index (κ2) is 6.80. The van der Waals surface area contributed by atoms with Crippen LogP contribution < -0.4 is 5.32 Å². The Morgan fingerprint density at radius 3 is 2.71 bits per heavy atom. The number of nitrogens with zero attached hydrogens (tertiary/aromatic N) is 2. The Balaban J connectivity index is 2.09. The first-order valence-corrected chi connectivity index (χ1v) is 5.60. The van der Waals surface area contributed by atoms with Crippen LogP contribution in [-0.4, -0.2) is 38.1 Å². The van der Waals surface area contributed by atoms with Crippen molar-refractivity contribution in [1.29, 1.82) is 5.26 Å². The molecule has 1 saturated heterocycles. The molecule has 0 saturated carbocycles. The van der Waals surface area contributed by atoms with Crippen molar-refractivity contribution < 1.29 is 0 Å². The molecule has 1 N–H and O–H groups in total. The molecule has 14 heavy (non-hydrogen) atoms. The topological polar surface area (TPSA) is 39.1 Å². The molecule has 1 aliphatic heterocycles. The van der Waals surface area contributed by atoms with Gasteiger partial charge in [-0.3, -0.25) is 0 Å². The molecule has 3 nitrogen and oxygen atoms in total. The van der Waals surface area contributed by atoms with Crippen LogP contribution in [0, 0.1) is 17.2 Å². The van der Waals surface area contributed by atoms with Crippen molar-refractivity contribution >= 4 is 0 Å². The zero-order chi connectivity index (χ0) is 10.2. The van der Waals surface area contributed by atoms with Gasteiger partial charge in [0, 0.05) is 13.0 Å². The summed E-state index contributed by atoms with van der Waals surface area (Å²) < 4.78 is 0. The van der Waals surface area contributed by atoms with Crippen LogP contribution in [0.3, 0.4) is 0 Å². The summed E-state index contributed by atoms with van der Waals surface area (Å²) in [5, 5.41) is 11.7. The molecular formula is C11H21N3. The smallest absolute Gasteiger partial charge is 0.0635 e. The highest BCUT2D eigenvalue weighted by molar-refractivity contribution is 4.77. The summed E-state index contributed by atoms with van der Waals surface area (Å²) in [7, 11) is 2.02. The molecule has 3 heteroatoms. The van der Waals surface area contributed by atoms with E-state index in [4.69, 9.17) is 5.26 Å². The van der Waals surface area contributed by atoms with Crippen LogP contribution in [0.1, 0.15) is 25.7 Å². The van der Waals surface area contributed by atoms with Crippen LogP contribution in [0.5, 0.6) is 0 Å². The lowest BCUT2D eigenvalue weighted by atomic mass is 9.93. The lowest BCUT2D eigenvalue weighted by Crippen LogP contribution is -2.35. The van der Waals surface area contributed by atoms with E-state index in [1.807, 2.05) is 7.05 Å². The van der Waals surface area contributed by atoms with Crippen molar-refractivity contribution in [3.63, 3.8) is 0 Å². The van der Waals surface area contributed by atoms with E-state index in [0.29, 0.717) is 6.42 Å². The SMILES string of the molecule is CNCCC1CCN(CCC#N)CC1. The Bertz CT molecular complexity index is 177. The summed E-state index contributed by atoms with van der Waals surface area (Å²) in [4.78, 5) is 2.42. The Kier molecular flexibility index (Phi) is 5.58. The van der Waals surface area contributed by atoms with Crippen molar-refractivity contribution in [3.8, 4) is 6.07 Å². The Morgan fingerprint density at radius 2 is 2.14 bits per heavy atom. The molecular weight excluding hydrogens is 174 g/mol. The Morgan fingerprint density at radius 1 is 1.43 bits per heavy atom. The highest BCUT2D eigenvalue weighted by atomic mass is 15.1. The molecule has 1 rings (SSSR count). The average Bonchev–Trinajstić information content (AvgIpc) is 2.25. The molecule has 1 aliphatic rings. The first-order chi connectivity index (χ1) is 6.86. The minimum absolute atomic E-state index is 0.682. The maximum absolute atomic E-state index is 8.48. The number of nitriles is 1. The van der Waals surface area contributed by atoms with Gasteiger partial charge in [0.15, 0.2) is 0 Å². The average molecular weight is 195 g/mol. The molecule has 80 valence electrons. The first kappa shape index (κ1) is 11.5. The third-order valence-corrected chi connectivity index (χ3v) is 3.05. The second-order valence-corrected chi connectivity index (χ2v) is 4.09. The van der Waals surface area contributed by atoms with Gasteiger partial charge in [0.1, 0.15) is 0 Å². The molecule has 0 spiro atoms.